The van der Waals surface area contributed by atoms with Crippen molar-refractivity contribution in [1.29, 1.82) is 0 Å². The zero-order valence-corrected chi connectivity index (χ0v) is 13.3. The molecule has 3 rings (SSSR count). The number of nitrogens with zero attached hydrogens (tertiary/aromatic N) is 2. The molecule has 106 valence electrons. The summed E-state index contributed by atoms with van der Waals surface area (Å²) in [5, 5.41) is 3.46. The minimum absolute atomic E-state index is 0.807. The summed E-state index contributed by atoms with van der Waals surface area (Å²) in [7, 11) is 0. The first-order chi connectivity index (χ1) is 10.2. The lowest BCUT2D eigenvalue weighted by molar-refractivity contribution is 1.05. The number of rotatable bonds is 4. The molecule has 0 aliphatic heterocycles. The highest BCUT2D eigenvalue weighted by molar-refractivity contribution is 9.10. The summed E-state index contributed by atoms with van der Waals surface area (Å²) < 4.78 is 3.14. The van der Waals surface area contributed by atoms with Crippen LogP contribution in [0.4, 0.5) is 5.69 Å². The number of hydrogen-bond acceptors (Lipinski definition) is 2. The second-order valence-corrected chi connectivity index (χ2v) is 5.81. The highest BCUT2D eigenvalue weighted by Crippen LogP contribution is 2.19. The van der Waals surface area contributed by atoms with Crippen molar-refractivity contribution in [2.45, 2.75) is 13.5 Å². The maximum Gasteiger partial charge on any atom is 0.0991 e. The van der Waals surface area contributed by atoms with Crippen LogP contribution in [0.2, 0.25) is 0 Å². The highest BCUT2D eigenvalue weighted by atomic mass is 79.9. The Morgan fingerprint density at radius 1 is 1.19 bits per heavy atom. The molecule has 0 saturated carbocycles. The van der Waals surface area contributed by atoms with Gasteiger partial charge in [0.2, 0.25) is 0 Å². The minimum atomic E-state index is 0.807. The summed E-state index contributed by atoms with van der Waals surface area (Å²) in [6, 6.07) is 14.7. The number of anilines is 1. The Labute approximate surface area is 132 Å². The third-order valence-corrected chi connectivity index (χ3v) is 4.26. The van der Waals surface area contributed by atoms with Crippen LogP contribution in [0.5, 0.6) is 0 Å². The van der Waals surface area contributed by atoms with Crippen molar-refractivity contribution >= 4 is 21.6 Å². The van der Waals surface area contributed by atoms with Gasteiger partial charge < -0.3 is 9.88 Å². The first-order valence-electron chi connectivity index (χ1n) is 6.80. The van der Waals surface area contributed by atoms with Crippen molar-refractivity contribution in [3.8, 4) is 5.69 Å². The molecule has 0 spiro atoms. The Hall–Kier alpha value is -2.07. The van der Waals surface area contributed by atoms with Crippen molar-refractivity contribution in [2.24, 2.45) is 0 Å². The molecule has 21 heavy (non-hydrogen) atoms. The van der Waals surface area contributed by atoms with Gasteiger partial charge in [-0.3, -0.25) is 0 Å². The van der Waals surface area contributed by atoms with Gasteiger partial charge in [-0.1, -0.05) is 34.1 Å². The molecule has 0 aliphatic rings. The van der Waals surface area contributed by atoms with Gasteiger partial charge in [0.1, 0.15) is 0 Å². The zero-order valence-electron chi connectivity index (χ0n) is 11.8. The molecule has 0 radical (unpaired) electrons. The molecule has 0 amide bonds. The fourth-order valence-electron chi connectivity index (χ4n) is 2.21. The van der Waals surface area contributed by atoms with E-state index in [9.17, 15) is 0 Å². The molecule has 3 nitrogen and oxygen atoms in total. The smallest absolute Gasteiger partial charge is 0.0991 e. The van der Waals surface area contributed by atoms with E-state index in [0.717, 1.165) is 22.4 Å². The monoisotopic (exact) mass is 341 g/mol. The molecule has 0 bridgehead atoms. The van der Waals surface area contributed by atoms with Crippen molar-refractivity contribution in [1.82, 2.24) is 9.55 Å². The molecule has 0 atom stereocenters. The van der Waals surface area contributed by atoms with Crippen LogP contribution in [0.15, 0.2) is 65.7 Å². The van der Waals surface area contributed by atoms with Gasteiger partial charge >= 0.3 is 0 Å². The number of imidazole rings is 1. The second-order valence-electron chi connectivity index (χ2n) is 4.96. The van der Waals surface area contributed by atoms with Crippen LogP contribution in [-0.4, -0.2) is 9.55 Å². The zero-order chi connectivity index (χ0) is 14.7. The predicted molar refractivity (Wildman–Crippen MR) is 89.8 cm³/mol. The summed E-state index contributed by atoms with van der Waals surface area (Å²) in [6.07, 6.45) is 5.53. The fraction of sp³-hybridized carbons (Fsp3) is 0.118. The molecular formula is C17H16BrN3. The molecule has 0 fully saturated rings. The Bertz CT molecular complexity index is 736. The van der Waals surface area contributed by atoms with Crippen molar-refractivity contribution in [3.05, 3.63) is 76.8 Å². The number of aromatic nitrogens is 2. The topological polar surface area (TPSA) is 29.9 Å². The summed E-state index contributed by atoms with van der Waals surface area (Å²) >= 11 is 3.53. The van der Waals surface area contributed by atoms with E-state index in [-0.39, 0.29) is 0 Å². The van der Waals surface area contributed by atoms with Gasteiger partial charge in [0.15, 0.2) is 0 Å². The Kier molecular flexibility index (Phi) is 4.06. The highest BCUT2D eigenvalue weighted by Gasteiger charge is 2.00. The number of halogens is 1. The number of benzene rings is 2. The normalized spacial score (nSPS) is 10.6. The molecule has 1 heterocycles. The number of aryl methyl sites for hydroxylation is 1. The molecule has 3 aromatic rings. The van der Waals surface area contributed by atoms with Crippen LogP contribution in [-0.2, 0) is 6.54 Å². The van der Waals surface area contributed by atoms with E-state index < -0.39 is 0 Å². The van der Waals surface area contributed by atoms with Crippen molar-refractivity contribution in [2.75, 3.05) is 5.32 Å². The van der Waals surface area contributed by atoms with Gasteiger partial charge in [-0.15, -0.1) is 0 Å². The summed E-state index contributed by atoms with van der Waals surface area (Å²) in [5.41, 5.74) is 4.72. The van der Waals surface area contributed by atoms with Gasteiger partial charge in [-0.05, 0) is 42.3 Å². The van der Waals surface area contributed by atoms with E-state index in [1.165, 1.54) is 11.1 Å². The van der Waals surface area contributed by atoms with E-state index in [1.54, 1.807) is 12.5 Å². The molecule has 1 aromatic heterocycles. The average molecular weight is 342 g/mol. The molecule has 2 aromatic carbocycles. The van der Waals surface area contributed by atoms with E-state index in [2.05, 4.69) is 69.6 Å². The van der Waals surface area contributed by atoms with Crippen molar-refractivity contribution < 1.29 is 0 Å². The number of nitrogens with one attached hydrogen (secondary N) is 1. The lowest BCUT2D eigenvalue weighted by atomic mass is 10.1. The quantitative estimate of drug-likeness (QED) is 0.754. The van der Waals surface area contributed by atoms with Crippen molar-refractivity contribution in [3.63, 3.8) is 0 Å². The van der Waals surface area contributed by atoms with E-state index >= 15 is 0 Å². The first kappa shape index (κ1) is 13.9. The lowest BCUT2D eigenvalue weighted by Crippen LogP contribution is -2.00. The Morgan fingerprint density at radius 2 is 2.10 bits per heavy atom. The third kappa shape index (κ3) is 3.34. The van der Waals surface area contributed by atoms with Crippen LogP contribution < -0.4 is 5.32 Å². The SMILES string of the molecule is Cc1cc(CNc2cccc(-n3ccnc3)c2)ccc1Br. The molecular weight excluding hydrogens is 326 g/mol. The summed E-state index contributed by atoms with van der Waals surface area (Å²) in [6.45, 7) is 2.91. The molecule has 0 aliphatic carbocycles. The number of hydrogen-bond donors (Lipinski definition) is 1. The molecule has 4 heteroatoms. The van der Waals surface area contributed by atoms with Crippen LogP contribution in [0, 0.1) is 6.92 Å². The lowest BCUT2D eigenvalue weighted by Gasteiger charge is -2.10. The van der Waals surface area contributed by atoms with Gasteiger partial charge in [-0.2, -0.15) is 0 Å². The molecule has 0 saturated heterocycles. The fourth-order valence-corrected chi connectivity index (χ4v) is 2.46. The van der Waals surface area contributed by atoms with Crippen LogP contribution in [0.3, 0.4) is 0 Å². The third-order valence-electron chi connectivity index (χ3n) is 3.37. The van der Waals surface area contributed by atoms with Gasteiger partial charge in [0.25, 0.3) is 0 Å². The predicted octanol–water partition coefficient (Wildman–Crippen LogP) is 4.56. The van der Waals surface area contributed by atoms with Gasteiger partial charge in [0.05, 0.1) is 6.33 Å². The maximum atomic E-state index is 4.08. The van der Waals surface area contributed by atoms with Crippen LogP contribution >= 0.6 is 15.9 Å². The van der Waals surface area contributed by atoms with Crippen LogP contribution in [0.1, 0.15) is 11.1 Å². The standard InChI is InChI=1S/C17H16BrN3/c1-13-9-14(5-6-17(13)18)11-20-15-3-2-4-16(10-15)21-8-7-19-12-21/h2-10,12,20H,11H2,1H3. The van der Waals surface area contributed by atoms with Crippen LogP contribution in [0.25, 0.3) is 5.69 Å². The van der Waals surface area contributed by atoms with E-state index in [1.807, 2.05) is 16.8 Å². The minimum Gasteiger partial charge on any atom is -0.381 e. The molecule has 1 N–H and O–H groups in total. The van der Waals surface area contributed by atoms with Gasteiger partial charge in [0, 0.05) is 34.8 Å². The Morgan fingerprint density at radius 3 is 2.86 bits per heavy atom. The first-order valence-corrected chi connectivity index (χ1v) is 7.59. The maximum absolute atomic E-state index is 4.08. The summed E-state index contributed by atoms with van der Waals surface area (Å²) in [4.78, 5) is 4.08. The molecule has 0 unspecified atom stereocenters. The largest absolute Gasteiger partial charge is 0.381 e. The average Bonchev–Trinajstić information content (AvgIpc) is 3.03. The van der Waals surface area contributed by atoms with Gasteiger partial charge in [-0.25, -0.2) is 4.98 Å². The second kappa shape index (κ2) is 6.14. The van der Waals surface area contributed by atoms with E-state index in [4.69, 9.17) is 0 Å². The van der Waals surface area contributed by atoms with E-state index in [0.29, 0.717) is 0 Å². The summed E-state index contributed by atoms with van der Waals surface area (Å²) in [5.74, 6) is 0. The Balaban J connectivity index is 1.73.